The minimum Gasteiger partial charge on any atom is -0.324 e. The number of nitrogens with zero attached hydrogens (tertiary/aromatic N) is 3. The highest BCUT2D eigenvalue weighted by molar-refractivity contribution is 7.13. The maximum Gasteiger partial charge on any atom is 0.267 e. The number of H-pyrrole nitrogens is 1. The largest absolute Gasteiger partial charge is 0.324 e. The molecule has 8 nitrogen and oxygen atoms in total. The molecule has 9 heteroatoms. The van der Waals surface area contributed by atoms with E-state index in [2.05, 4.69) is 20.6 Å². The van der Waals surface area contributed by atoms with Crippen LogP contribution in [0.2, 0.25) is 0 Å². The summed E-state index contributed by atoms with van der Waals surface area (Å²) < 4.78 is 1.14. The number of nitrogens with one attached hydrogen (secondary N) is 2. The number of rotatable bonds is 5. The molecule has 0 saturated carbocycles. The standard InChI is InChI=1S/C20H15N5O3S/c26-18-9-7-15(22-23-18)13-3-5-14(6-4-13)21-19(27)12-25-20(28)10-8-16(24-25)17-2-1-11-29-17/h1-11H,12H2,(H,21,27)(H,23,26). The topological polar surface area (TPSA) is 110 Å². The molecule has 0 aliphatic rings. The zero-order valence-corrected chi connectivity index (χ0v) is 15.8. The third-order valence-electron chi connectivity index (χ3n) is 4.08. The van der Waals surface area contributed by atoms with E-state index in [4.69, 9.17) is 0 Å². The van der Waals surface area contributed by atoms with Gasteiger partial charge in [-0.25, -0.2) is 9.78 Å². The van der Waals surface area contributed by atoms with Crippen LogP contribution in [0.3, 0.4) is 0 Å². The van der Waals surface area contributed by atoms with Crippen molar-refractivity contribution in [2.75, 3.05) is 5.32 Å². The molecule has 4 rings (SSSR count). The van der Waals surface area contributed by atoms with E-state index in [1.807, 2.05) is 17.5 Å². The van der Waals surface area contributed by atoms with Crippen LogP contribution in [-0.2, 0) is 11.3 Å². The Bertz CT molecular complexity index is 1240. The lowest BCUT2D eigenvalue weighted by atomic mass is 10.1. The highest BCUT2D eigenvalue weighted by atomic mass is 32.1. The van der Waals surface area contributed by atoms with E-state index in [1.165, 1.54) is 23.5 Å². The molecule has 0 saturated heterocycles. The van der Waals surface area contributed by atoms with Crippen LogP contribution < -0.4 is 16.4 Å². The van der Waals surface area contributed by atoms with Gasteiger partial charge < -0.3 is 5.32 Å². The van der Waals surface area contributed by atoms with Crippen molar-refractivity contribution < 1.29 is 4.79 Å². The fourth-order valence-corrected chi connectivity index (χ4v) is 3.37. The SMILES string of the molecule is O=C(Cn1nc(-c2cccs2)ccc1=O)Nc1ccc(-c2ccc(=O)[nH]n2)cc1. The van der Waals surface area contributed by atoms with Gasteiger partial charge in [0, 0.05) is 23.4 Å². The van der Waals surface area contributed by atoms with E-state index < -0.39 is 0 Å². The molecule has 1 aromatic carbocycles. The number of hydrogen-bond donors (Lipinski definition) is 2. The number of hydrogen-bond acceptors (Lipinski definition) is 6. The highest BCUT2D eigenvalue weighted by Crippen LogP contribution is 2.21. The van der Waals surface area contributed by atoms with Crippen molar-refractivity contribution in [3.05, 3.63) is 86.8 Å². The predicted molar refractivity (Wildman–Crippen MR) is 111 cm³/mol. The molecule has 0 radical (unpaired) electrons. The van der Waals surface area contributed by atoms with Crippen LogP contribution in [0.25, 0.3) is 21.8 Å². The van der Waals surface area contributed by atoms with Gasteiger partial charge in [0.25, 0.3) is 11.1 Å². The smallest absolute Gasteiger partial charge is 0.267 e. The molecule has 3 heterocycles. The molecule has 2 N–H and O–H groups in total. The summed E-state index contributed by atoms with van der Waals surface area (Å²) in [7, 11) is 0. The second-order valence-corrected chi connectivity index (χ2v) is 7.07. The first-order valence-electron chi connectivity index (χ1n) is 8.66. The van der Waals surface area contributed by atoms with Crippen molar-refractivity contribution in [1.29, 1.82) is 0 Å². The van der Waals surface area contributed by atoms with Crippen molar-refractivity contribution in [2.45, 2.75) is 6.54 Å². The van der Waals surface area contributed by atoms with Gasteiger partial charge in [0.15, 0.2) is 0 Å². The van der Waals surface area contributed by atoms with Crippen molar-refractivity contribution in [3.8, 4) is 21.8 Å². The molecule has 0 aliphatic heterocycles. The lowest BCUT2D eigenvalue weighted by Gasteiger charge is -2.08. The Balaban J connectivity index is 1.46. The molecule has 0 fully saturated rings. The van der Waals surface area contributed by atoms with Crippen molar-refractivity contribution in [3.63, 3.8) is 0 Å². The van der Waals surface area contributed by atoms with Gasteiger partial charge in [0.05, 0.1) is 10.6 Å². The number of amides is 1. The summed E-state index contributed by atoms with van der Waals surface area (Å²) in [5.41, 5.74) is 2.00. The Hall–Kier alpha value is -3.85. The van der Waals surface area contributed by atoms with Gasteiger partial charge in [0.1, 0.15) is 12.2 Å². The van der Waals surface area contributed by atoms with Crippen LogP contribution in [0.1, 0.15) is 0 Å². The van der Waals surface area contributed by atoms with E-state index in [9.17, 15) is 14.4 Å². The van der Waals surface area contributed by atoms with Gasteiger partial charge in [0.2, 0.25) is 5.91 Å². The number of carbonyl (C=O) groups is 1. The summed E-state index contributed by atoms with van der Waals surface area (Å²) in [5, 5.41) is 15.3. The van der Waals surface area contributed by atoms with Gasteiger partial charge in [-0.1, -0.05) is 18.2 Å². The molecule has 0 spiro atoms. The van der Waals surface area contributed by atoms with Crippen molar-refractivity contribution >= 4 is 22.9 Å². The monoisotopic (exact) mass is 405 g/mol. The van der Waals surface area contributed by atoms with Gasteiger partial charge in [-0.15, -0.1) is 11.3 Å². The molecule has 0 aliphatic carbocycles. The second kappa shape index (κ2) is 8.03. The van der Waals surface area contributed by atoms with Crippen molar-refractivity contribution in [2.24, 2.45) is 0 Å². The normalized spacial score (nSPS) is 10.6. The molecule has 0 bridgehead atoms. The fourth-order valence-electron chi connectivity index (χ4n) is 2.68. The number of aromatic nitrogens is 4. The maximum atomic E-state index is 12.4. The second-order valence-electron chi connectivity index (χ2n) is 6.12. The lowest BCUT2D eigenvalue weighted by Crippen LogP contribution is -2.29. The first-order chi connectivity index (χ1) is 14.1. The van der Waals surface area contributed by atoms with Gasteiger partial charge in [-0.05, 0) is 35.7 Å². The summed E-state index contributed by atoms with van der Waals surface area (Å²) in [4.78, 5) is 36.4. The van der Waals surface area contributed by atoms with Gasteiger partial charge in [-0.3, -0.25) is 14.4 Å². The fraction of sp³-hybridized carbons (Fsp3) is 0.0500. The Morgan fingerprint density at radius 2 is 1.79 bits per heavy atom. The average Bonchev–Trinajstić information content (AvgIpc) is 3.26. The first-order valence-corrected chi connectivity index (χ1v) is 9.54. The zero-order chi connectivity index (χ0) is 20.2. The average molecular weight is 405 g/mol. The minimum atomic E-state index is -0.363. The summed E-state index contributed by atoms with van der Waals surface area (Å²) in [6.45, 7) is -0.193. The van der Waals surface area contributed by atoms with Crippen LogP contribution in [0, 0.1) is 0 Å². The lowest BCUT2D eigenvalue weighted by molar-refractivity contribution is -0.117. The molecule has 3 aromatic heterocycles. The van der Waals surface area contributed by atoms with Gasteiger partial charge in [-0.2, -0.15) is 10.2 Å². The summed E-state index contributed by atoms with van der Waals surface area (Å²) in [6.07, 6.45) is 0. The predicted octanol–water partition coefficient (Wildman–Crippen LogP) is 2.36. The third-order valence-corrected chi connectivity index (χ3v) is 4.97. The van der Waals surface area contributed by atoms with Crippen molar-refractivity contribution in [1.82, 2.24) is 20.0 Å². The minimum absolute atomic E-state index is 0.193. The Morgan fingerprint density at radius 1 is 1.00 bits per heavy atom. The first kappa shape index (κ1) is 18.5. The van der Waals surface area contributed by atoms with Gasteiger partial charge >= 0.3 is 0 Å². The number of thiophene rings is 1. The Kier molecular flexibility index (Phi) is 5.12. The summed E-state index contributed by atoms with van der Waals surface area (Å²) in [6, 6.07) is 16.9. The molecule has 29 heavy (non-hydrogen) atoms. The summed E-state index contributed by atoms with van der Waals surface area (Å²) in [5.74, 6) is -0.363. The van der Waals surface area contributed by atoms with Crippen LogP contribution in [-0.4, -0.2) is 25.9 Å². The van der Waals surface area contributed by atoms with E-state index in [0.29, 0.717) is 17.1 Å². The van der Waals surface area contributed by atoms with E-state index in [1.54, 1.807) is 36.4 Å². The Morgan fingerprint density at radius 3 is 2.48 bits per heavy atom. The maximum absolute atomic E-state index is 12.4. The Labute approximate surface area is 168 Å². The quantitative estimate of drug-likeness (QED) is 0.530. The summed E-state index contributed by atoms with van der Waals surface area (Å²) >= 11 is 1.51. The van der Waals surface area contributed by atoms with Crippen LogP contribution in [0.4, 0.5) is 5.69 Å². The number of aromatic amines is 1. The number of carbonyl (C=O) groups excluding carboxylic acids is 1. The number of anilines is 1. The molecule has 1 amide bonds. The molecule has 144 valence electrons. The van der Waals surface area contributed by atoms with Crippen LogP contribution in [0.5, 0.6) is 0 Å². The highest BCUT2D eigenvalue weighted by Gasteiger charge is 2.09. The molecule has 0 atom stereocenters. The molecular formula is C20H15N5O3S. The van der Waals surface area contributed by atoms with Crippen LogP contribution >= 0.6 is 11.3 Å². The third kappa shape index (κ3) is 4.36. The molecular weight excluding hydrogens is 390 g/mol. The van der Waals surface area contributed by atoms with E-state index in [0.717, 1.165) is 15.1 Å². The zero-order valence-electron chi connectivity index (χ0n) is 15.0. The van der Waals surface area contributed by atoms with E-state index >= 15 is 0 Å². The number of benzene rings is 1. The molecule has 4 aromatic rings. The molecule has 0 unspecified atom stereocenters. The van der Waals surface area contributed by atoms with E-state index in [-0.39, 0.29) is 23.6 Å². The van der Waals surface area contributed by atoms with Crippen LogP contribution in [0.15, 0.2) is 75.6 Å².